The van der Waals surface area contributed by atoms with E-state index in [1.807, 2.05) is 42.5 Å². The monoisotopic (exact) mass is 350 g/mol. The van der Waals surface area contributed by atoms with Crippen LogP contribution >= 0.6 is 23.2 Å². The molecule has 2 rings (SSSR count). The van der Waals surface area contributed by atoms with Crippen LogP contribution in [0, 0.1) is 0 Å². The van der Waals surface area contributed by atoms with E-state index in [0.717, 1.165) is 24.3 Å². The van der Waals surface area contributed by atoms with Crippen molar-refractivity contribution in [3.63, 3.8) is 0 Å². The number of anilines is 1. The molecule has 0 spiro atoms. The smallest absolute Gasteiger partial charge is 0.221 e. The van der Waals surface area contributed by atoms with Crippen molar-refractivity contribution in [3.05, 3.63) is 63.6 Å². The van der Waals surface area contributed by atoms with Gasteiger partial charge in [-0.25, -0.2) is 0 Å². The average molecular weight is 351 g/mol. The van der Waals surface area contributed by atoms with E-state index in [0.29, 0.717) is 16.0 Å². The van der Waals surface area contributed by atoms with Crippen molar-refractivity contribution in [2.24, 2.45) is 0 Å². The van der Waals surface area contributed by atoms with Gasteiger partial charge in [0.2, 0.25) is 5.91 Å². The zero-order valence-electron chi connectivity index (χ0n) is 13.2. The summed E-state index contributed by atoms with van der Waals surface area (Å²) in [5, 5.41) is 7.35. The molecule has 0 aliphatic carbocycles. The highest BCUT2D eigenvalue weighted by atomic mass is 35.5. The van der Waals surface area contributed by atoms with Crippen LogP contribution in [0.4, 0.5) is 5.69 Å². The molecule has 0 aliphatic heterocycles. The summed E-state index contributed by atoms with van der Waals surface area (Å²) in [6.07, 6.45) is 0. The second-order valence-corrected chi connectivity index (χ2v) is 6.40. The lowest BCUT2D eigenvalue weighted by Gasteiger charge is -2.14. The van der Waals surface area contributed by atoms with Gasteiger partial charge < -0.3 is 10.6 Å². The highest BCUT2D eigenvalue weighted by molar-refractivity contribution is 6.42. The first kappa shape index (κ1) is 17.8. The number of rotatable bonds is 6. The van der Waals surface area contributed by atoms with Gasteiger partial charge in [-0.2, -0.15) is 0 Å². The number of amides is 1. The molecule has 0 bridgehead atoms. The van der Waals surface area contributed by atoms with Crippen LogP contribution in [0.1, 0.15) is 30.9 Å². The lowest BCUT2D eigenvalue weighted by molar-refractivity contribution is -0.114. The average Bonchev–Trinajstić information content (AvgIpc) is 2.51. The number of hydrogen-bond acceptors (Lipinski definition) is 2. The number of halogens is 2. The SMILES string of the molecule is CC(=O)Nc1ccc(CNCC(C)c2ccc(Cl)c(Cl)c2)cc1. The Kier molecular flexibility index (Phi) is 6.46. The molecule has 3 nitrogen and oxygen atoms in total. The minimum atomic E-state index is -0.0636. The van der Waals surface area contributed by atoms with Crippen molar-refractivity contribution < 1.29 is 4.79 Å². The fraction of sp³-hybridized carbons (Fsp3) is 0.278. The van der Waals surface area contributed by atoms with Crippen molar-refractivity contribution in [2.75, 3.05) is 11.9 Å². The predicted molar refractivity (Wildman–Crippen MR) is 97.3 cm³/mol. The molecule has 0 aromatic heterocycles. The van der Waals surface area contributed by atoms with Gasteiger partial charge in [-0.05, 0) is 41.3 Å². The van der Waals surface area contributed by atoms with E-state index in [2.05, 4.69) is 17.6 Å². The third kappa shape index (κ3) is 5.54. The number of carbonyl (C=O) groups is 1. The third-order valence-electron chi connectivity index (χ3n) is 3.57. The quantitative estimate of drug-likeness (QED) is 0.782. The molecule has 5 heteroatoms. The van der Waals surface area contributed by atoms with Gasteiger partial charge in [0.15, 0.2) is 0 Å². The Bertz CT molecular complexity index is 671. The Balaban J connectivity index is 1.84. The summed E-state index contributed by atoms with van der Waals surface area (Å²) in [5.41, 5.74) is 3.14. The second-order valence-electron chi connectivity index (χ2n) is 5.58. The number of hydrogen-bond donors (Lipinski definition) is 2. The molecule has 1 unspecified atom stereocenters. The number of nitrogens with one attached hydrogen (secondary N) is 2. The zero-order valence-corrected chi connectivity index (χ0v) is 14.7. The lowest BCUT2D eigenvalue weighted by atomic mass is 10.0. The Hall–Kier alpha value is -1.55. The zero-order chi connectivity index (χ0) is 16.8. The largest absolute Gasteiger partial charge is 0.326 e. The van der Waals surface area contributed by atoms with Crippen molar-refractivity contribution in [1.82, 2.24) is 5.32 Å². The molecule has 1 atom stereocenters. The first-order chi connectivity index (χ1) is 11.0. The van der Waals surface area contributed by atoms with Crippen LogP contribution in [0.15, 0.2) is 42.5 Å². The number of carbonyl (C=O) groups excluding carboxylic acids is 1. The van der Waals surface area contributed by atoms with E-state index in [1.165, 1.54) is 12.5 Å². The summed E-state index contributed by atoms with van der Waals surface area (Å²) >= 11 is 12.0. The van der Waals surface area contributed by atoms with E-state index in [9.17, 15) is 4.79 Å². The molecule has 1 amide bonds. The van der Waals surface area contributed by atoms with Gasteiger partial charge in [0.25, 0.3) is 0 Å². The van der Waals surface area contributed by atoms with Gasteiger partial charge in [0, 0.05) is 25.7 Å². The van der Waals surface area contributed by atoms with Gasteiger partial charge in [-0.3, -0.25) is 4.79 Å². The predicted octanol–water partition coefficient (Wildman–Crippen LogP) is 4.85. The van der Waals surface area contributed by atoms with Crippen LogP contribution in [0.5, 0.6) is 0 Å². The van der Waals surface area contributed by atoms with Crippen LogP contribution in [0.3, 0.4) is 0 Å². The second kappa shape index (κ2) is 8.34. The highest BCUT2D eigenvalue weighted by Gasteiger charge is 2.07. The molecule has 2 aromatic rings. The summed E-state index contributed by atoms with van der Waals surface area (Å²) < 4.78 is 0. The summed E-state index contributed by atoms with van der Waals surface area (Å²) in [6.45, 7) is 5.25. The number of benzene rings is 2. The maximum atomic E-state index is 11.0. The Labute approximate surface area is 147 Å². The molecule has 23 heavy (non-hydrogen) atoms. The van der Waals surface area contributed by atoms with Crippen molar-refractivity contribution >= 4 is 34.8 Å². The fourth-order valence-corrected chi connectivity index (χ4v) is 2.59. The first-order valence-corrected chi connectivity index (χ1v) is 8.23. The Morgan fingerprint density at radius 1 is 1.09 bits per heavy atom. The molecule has 122 valence electrons. The van der Waals surface area contributed by atoms with Crippen LogP contribution < -0.4 is 10.6 Å². The van der Waals surface area contributed by atoms with Gasteiger partial charge in [-0.1, -0.05) is 48.3 Å². The van der Waals surface area contributed by atoms with Gasteiger partial charge in [0.05, 0.1) is 10.0 Å². The van der Waals surface area contributed by atoms with Crippen molar-refractivity contribution in [1.29, 1.82) is 0 Å². The first-order valence-electron chi connectivity index (χ1n) is 7.48. The molecule has 0 heterocycles. The topological polar surface area (TPSA) is 41.1 Å². The normalized spacial score (nSPS) is 12.0. The van der Waals surface area contributed by atoms with Gasteiger partial charge in [0.1, 0.15) is 0 Å². The van der Waals surface area contributed by atoms with Gasteiger partial charge in [-0.15, -0.1) is 0 Å². The van der Waals surface area contributed by atoms with E-state index in [4.69, 9.17) is 23.2 Å². The molecule has 0 fully saturated rings. The molecule has 0 saturated carbocycles. The van der Waals surface area contributed by atoms with Crippen LogP contribution in [0.2, 0.25) is 10.0 Å². The minimum Gasteiger partial charge on any atom is -0.326 e. The van der Waals surface area contributed by atoms with E-state index in [-0.39, 0.29) is 5.91 Å². The third-order valence-corrected chi connectivity index (χ3v) is 4.31. The van der Waals surface area contributed by atoms with Crippen LogP contribution in [0.25, 0.3) is 0 Å². The maximum Gasteiger partial charge on any atom is 0.221 e. The standard InChI is InChI=1S/C18H20Cl2N2O/c1-12(15-5-8-17(19)18(20)9-15)10-21-11-14-3-6-16(7-4-14)22-13(2)23/h3-9,12,21H,10-11H2,1-2H3,(H,22,23). The maximum absolute atomic E-state index is 11.0. The van der Waals surface area contributed by atoms with Crippen molar-refractivity contribution in [3.8, 4) is 0 Å². The summed E-state index contributed by atoms with van der Waals surface area (Å²) in [6, 6.07) is 13.6. The molecule has 0 radical (unpaired) electrons. The molecule has 2 N–H and O–H groups in total. The van der Waals surface area contributed by atoms with E-state index >= 15 is 0 Å². The molecular weight excluding hydrogens is 331 g/mol. The van der Waals surface area contributed by atoms with Crippen LogP contribution in [-0.2, 0) is 11.3 Å². The van der Waals surface area contributed by atoms with Gasteiger partial charge >= 0.3 is 0 Å². The summed E-state index contributed by atoms with van der Waals surface area (Å²) in [5.74, 6) is 0.273. The molecular formula is C18H20Cl2N2O. The van der Waals surface area contributed by atoms with Crippen molar-refractivity contribution in [2.45, 2.75) is 26.3 Å². The molecule has 0 saturated heterocycles. The summed E-state index contributed by atoms with van der Waals surface area (Å²) in [4.78, 5) is 11.0. The molecule has 0 aliphatic rings. The van der Waals surface area contributed by atoms with Crippen LogP contribution in [-0.4, -0.2) is 12.5 Å². The Morgan fingerprint density at radius 2 is 1.78 bits per heavy atom. The Morgan fingerprint density at radius 3 is 2.39 bits per heavy atom. The fourth-order valence-electron chi connectivity index (χ4n) is 2.28. The molecule has 2 aromatic carbocycles. The lowest BCUT2D eigenvalue weighted by Crippen LogP contribution is -2.19. The van der Waals surface area contributed by atoms with E-state index in [1.54, 1.807) is 0 Å². The van der Waals surface area contributed by atoms with E-state index < -0.39 is 0 Å². The highest BCUT2D eigenvalue weighted by Crippen LogP contribution is 2.26. The minimum absolute atomic E-state index is 0.0636. The summed E-state index contributed by atoms with van der Waals surface area (Å²) in [7, 11) is 0.